The summed E-state index contributed by atoms with van der Waals surface area (Å²) in [5.74, 6) is -1.32. The Morgan fingerprint density at radius 2 is 1.90 bits per heavy atom. The molecule has 4 nitrogen and oxygen atoms in total. The van der Waals surface area contributed by atoms with E-state index in [1.54, 1.807) is 12.1 Å². The quantitative estimate of drug-likeness (QED) is 0.702. The molecule has 0 spiro atoms. The fourth-order valence-corrected chi connectivity index (χ4v) is 2.20. The second-order valence-electron chi connectivity index (χ2n) is 4.68. The molecule has 1 amide bonds. The summed E-state index contributed by atoms with van der Waals surface area (Å²) in [7, 11) is 0. The van der Waals surface area contributed by atoms with Crippen molar-refractivity contribution < 1.29 is 14.7 Å². The number of carbonyl (C=O) groups is 2. The first kappa shape index (κ1) is 16.5. The van der Waals surface area contributed by atoms with Crippen LogP contribution in [0.5, 0.6) is 0 Å². The van der Waals surface area contributed by atoms with Crippen LogP contribution < -0.4 is 5.32 Å². The minimum absolute atomic E-state index is 0.0616. The zero-order valence-corrected chi connectivity index (χ0v) is 12.4. The molecule has 110 valence electrons. The van der Waals surface area contributed by atoms with Gasteiger partial charge < -0.3 is 10.4 Å². The van der Waals surface area contributed by atoms with Gasteiger partial charge in [0, 0.05) is 6.42 Å². The average molecular weight is 298 g/mol. The molecule has 5 heteroatoms. The molecule has 0 aliphatic rings. The maximum absolute atomic E-state index is 11.8. The summed E-state index contributed by atoms with van der Waals surface area (Å²) < 4.78 is 0. The second-order valence-corrected chi connectivity index (χ2v) is 5.09. The number of carbonyl (C=O) groups excluding carboxylic acids is 1. The molecule has 0 saturated heterocycles. The molecule has 2 N–H and O–H groups in total. The Morgan fingerprint density at radius 1 is 1.20 bits per heavy atom. The van der Waals surface area contributed by atoms with Crippen molar-refractivity contribution in [3.8, 4) is 0 Å². The van der Waals surface area contributed by atoms with E-state index < -0.39 is 5.97 Å². The van der Waals surface area contributed by atoms with E-state index in [0.717, 1.165) is 25.7 Å². The van der Waals surface area contributed by atoms with Gasteiger partial charge >= 0.3 is 5.97 Å². The van der Waals surface area contributed by atoms with Crippen molar-refractivity contribution in [2.75, 3.05) is 5.32 Å². The highest BCUT2D eigenvalue weighted by Crippen LogP contribution is 2.24. The largest absolute Gasteiger partial charge is 0.478 e. The summed E-state index contributed by atoms with van der Waals surface area (Å²) in [5, 5.41) is 11.8. The molecule has 0 heterocycles. The SMILES string of the molecule is CCCCCCCC(=O)Nc1cccc(Cl)c1C(=O)O. The Labute approximate surface area is 124 Å². The van der Waals surface area contributed by atoms with E-state index in [-0.39, 0.29) is 22.2 Å². The van der Waals surface area contributed by atoms with Crippen LogP contribution in [0, 0.1) is 0 Å². The van der Waals surface area contributed by atoms with Crippen LogP contribution in [0.2, 0.25) is 5.02 Å². The van der Waals surface area contributed by atoms with Gasteiger partial charge in [-0.25, -0.2) is 4.79 Å². The first-order valence-electron chi connectivity index (χ1n) is 6.88. The van der Waals surface area contributed by atoms with Crippen molar-refractivity contribution in [1.82, 2.24) is 0 Å². The van der Waals surface area contributed by atoms with Gasteiger partial charge in [0.2, 0.25) is 5.91 Å². The van der Waals surface area contributed by atoms with Gasteiger partial charge in [-0.1, -0.05) is 50.3 Å². The number of unbranched alkanes of at least 4 members (excludes halogenated alkanes) is 4. The second kappa shape index (κ2) is 8.59. The van der Waals surface area contributed by atoms with Gasteiger partial charge in [0.25, 0.3) is 0 Å². The summed E-state index contributed by atoms with van der Waals surface area (Å²) >= 11 is 5.84. The van der Waals surface area contributed by atoms with E-state index in [4.69, 9.17) is 16.7 Å². The number of benzene rings is 1. The minimum atomic E-state index is -1.14. The van der Waals surface area contributed by atoms with Crippen molar-refractivity contribution in [1.29, 1.82) is 0 Å². The molecule has 0 aliphatic heterocycles. The highest BCUT2D eigenvalue weighted by atomic mass is 35.5. The molecule has 1 aromatic rings. The summed E-state index contributed by atoms with van der Waals surface area (Å²) in [5.41, 5.74) is 0.192. The van der Waals surface area contributed by atoms with Gasteiger partial charge in [-0.3, -0.25) is 4.79 Å². The zero-order valence-electron chi connectivity index (χ0n) is 11.6. The summed E-state index contributed by atoms with van der Waals surface area (Å²) in [6.07, 6.45) is 5.70. The molecule has 0 saturated carbocycles. The van der Waals surface area contributed by atoms with Crippen LogP contribution in [-0.4, -0.2) is 17.0 Å². The molecule has 1 rings (SSSR count). The lowest BCUT2D eigenvalue weighted by atomic mass is 10.1. The van der Waals surface area contributed by atoms with E-state index in [9.17, 15) is 9.59 Å². The van der Waals surface area contributed by atoms with Crippen molar-refractivity contribution in [2.24, 2.45) is 0 Å². The maximum Gasteiger partial charge on any atom is 0.339 e. The molecule has 0 unspecified atom stereocenters. The topological polar surface area (TPSA) is 66.4 Å². The molecule has 0 aromatic heterocycles. The number of anilines is 1. The third-order valence-corrected chi connectivity index (χ3v) is 3.32. The van der Waals surface area contributed by atoms with E-state index in [2.05, 4.69) is 12.2 Å². The third-order valence-electron chi connectivity index (χ3n) is 3.01. The van der Waals surface area contributed by atoms with Gasteiger partial charge in [-0.2, -0.15) is 0 Å². The predicted octanol–water partition coefficient (Wildman–Crippen LogP) is 4.34. The summed E-state index contributed by atoms with van der Waals surface area (Å²) in [6.45, 7) is 2.14. The molecule has 0 atom stereocenters. The fraction of sp³-hybridized carbons (Fsp3) is 0.467. The number of amides is 1. The van der Waals surface area contributed by atoms with Gasteiger partial charge in [-0.05, 0) is 18.6 Å². The standard InChI is InChI=1S/C15H20ClNO3/c1-2-3-4-5-6-10-13(18)17-12-9-7-8-11(16)14(12)15(19)20/h7-9H,2-6,10H2,1H3,(H,17,18)(H,19,20). The smallest absolute Gasteiger partial charge is 0.339 e. The fourth-order valence-electron chi connectivity index (χ4n) is 1.95. The molecule has 1 aromatic carbocycles. The monoisotopic (exact) mass is 297 g/mol. The summed E-state index contributed by atoms with van der Waals surface area (Å²) in [6, 6.07) is 4.65. The van der Waals surface area contributed by atoms with Crippen LogP contribution >= 0.6 is 11.6 Å². The number of aromatic carboxylic acids is 1. The number of rotatable bonds is 8. The van der Waals surface area contributed by atoms with Crippen molar-refractivity contribution in [3.63, 3.8) is 0 Å². The summed E-state index contributed by atoms with van der Waals surface area (Å²) in [4.78, 5) is 22.9. The Bertz CT molecular complexity index is 474. The zero-order chi connectivity index (χ0) is 15.0. The third kappa shape index (κ3) is 5.21. The maximum atomic E-state index is 11.8. The van der Waals surface area contributed by atoms with Gasteiger partial charge in [0.15, 0.2) is 0 Å². The molecule has 20 heavy (non-hydrogen) atoms. The molecular formula is C15H20ClNO3. The Morgan fingerprint density at radius 3 is 2.55 bits per heavy atom. The van der Waals surface area contributed by atoms with Gasteiger partial charge in [0.1, 0.15) is 5.56 Å². The van der Waals surface area contributed by atoms with Crippen LogP contribution in [-0.2, 0) is 4.79 Å². The Hall–Kier alpha value is -1.55. The average Bonchev–Trinajstić information content (AvgIpc) is 2.38. The first-order valence-corrected chi connectivity index (χ1v) is 7.25. The van der Waals surface area contributed by atoms with E-state index in [1.165, 1.54) is 12.5 Å². The number of halogens is 1. The molecule has 0 fully saturated rings. The van der Waals surface area contributed by atoms with Crippen LogP contribution in [0.1, 0.15) is 55.8 Å². The highest BCUT2D eigenvalue weighted by molar-refractivity contribution is 6.34. The van der Waals surface area contributed by atoms with Gasteiger partial charge in [0.05, 0.1) is 10.7 Å². The highest BCUT2D eigenvalue weighted by Gasteiger charge is 2.15. The first-order chi connectivity index (χ1) is 9.56. The lowest BCUT2D eigenvalue weighted by Gasteiger charge is -2.09. The molecule has 0 bridgehead atoms. The van der Waals surface area contributed by atoms with Crippen molar-refractivity contribution in [3.05, 3.63) is 28.8 Å². The predicted molar refractivity (Wildman–Crippen MR) is 80.4 cm³/mol. The van der Waals surface area contributed by atoms with Gasteiger partial charge in [-0.15, -0.1) is 0 Å². The molecule has 0 aliphatic carbocycles. The number of carboxylic acids is 1. The van der Waals surface area contributed by atoms with Crippen molar-refractivity contribution in [2.45, 2.75) is 45.4 Å². The van der Waals surface area contributed by atoms with Crippen LogP contribution in [0.4, 0.5) is 5.69 Å². The van der Waals surface area contributed by atoms with E-state index in [0.29, 0.717) is 6.42 Å². The lowest BCUT2D eigenvalue weighted by Crippen LogP contribution is -2.14. The minimum Gasteiger partial charge on any atom is -0.478 e. The number of hydrogen-bond donors (Lipinski definition) is 2. The lowest BCUT2D eigenvalue weighted by molar-refractivity contribution is -0.116. The normalized spacial score (nSPS) is 10.3. The van der Waals surface area contributed by atoms with E-state index >= 15 is 0 Å². The van der Waals surface area contributed by atoms with E-state index in [1.807, 2.05) is 0 Å². The van der Waals surface area contributed by atoms with Crippen molar-refractivity contribution >= 4 is 29.2 Å². The van der Waals surface area contributed by atoms with Crippen LogP contribution in [0.25, 0.3) is 0 Å². The number of hydrogen-bond acceptors (Lipinski definition) is 2. The van der Waals surface area contributed by atoms with Crippen LogP contribution in [0.15, 0.2) is 18.2 Å². The Balaban J connectivity index is 2.54. The Kier molecular flexibility index (Phi) is 7.09. The van der Waals surface area contributed by atoms with Crippen LogP contribution in [0.3, 0.4) is 0 Å². The number of nitrogens with one attached hydrogen (secondary N) is 1. The molecule has 0 radical (unpaired) electrons. The molecular weight excluding hydrogens is 278 g/mol. The number of carboxylic acid groups (broad SMARTS) is 1.